The van der Waals surface area contributed by atoms with Gasteiger partial charge in [-0.25, -0.2) is 9.18 Å². The molecule has 0 bridgehead atoms. The standard InChI is InChI=1S/C19H27FN2O3/c1-19(2,3)25-18(23)22-12-16(13-22)24-15-7-6-14(17(20)10-15)11-21-8-4-5-9-21/h6-7,10,16H,4-5,8-9,11-13H2,1-3H3. The monoisotopic (exact) mass is 350 g/mol. The largest absolute Gasteiger partial charge is 0.487 e. The molecule has 2 aliphatic rings. The molecule has 0 spiro atoms. The van der Waals surface area contributed by atoms with Crippen LogP contribution in [0.3, 0.4) is 0 Å². The summed E-state index contributed by atoms with van der Waals surface area (Å²) in [5.41, 5.74) is 0.204. The summed E-state index contributed by atoms with van der Waals surface area (Å²) in [6.07, 6.45) is 1.94. The summed E-state index contributed by atoms with van der Waals surface area (Å²) >= 11 is 0. The topological polar surface area (TPSA) is 42.0 Å². The highest BCUT2D eigenvalue weighted by Gasteiger charge is 2.35. The Morgan fingerprint density at radius 2 is 1.92 bits per heavy atom. The van der Waals surface area contributed by atoms with Crippen molar-refractivity contribution in [2.45, 2.75) is 51.9 Å². The number of nitrogens with zero attached hydrogens (tertiary/aromatic N) is 2. The summed E-state index contributed by atoms with van der Waals surface area (Å²) < 4.78 is 25.3. The van der Waals surface area contributed by atoms with Crippen LogP contribution in [0, 0.1) is 5.82 Å². The predicted molar refractivity (Wildman–Crippen MR) is 93.1 cm³/mol. The Hall–Kier alpha value is -1.82. The zero-order valence-corrected chi connectivity index (χ0v) is 15.3. The van der Waals surface area contributed by atoms with Gasteiger partial charge in [-0.3, -0.25) is 4.90 Å². The molecule has 3 rings (SSSR count). The number of hydrogen-bond donors (Lipinski definition) is 0. The average Bonchev–Trinajstić information content (AvgIpc) is 2.96. The number of halogens is 1. The predicted octanol–water partition coefficient (Wildman–Crippen LogP) is 3.42. The van der Waals surface area contributed by atoms with Crippen molar-refractivity contribution in [2.24, 2.45) is 0 Å². The van der Waals surface area contributed by atoms with Crippen LogP contribution in [0.15, 0.2) is 18.2 Å². The molecular formula is C19H27FN2O3. The van der Waals surface area contributed by atoms with Gasteiger partial charge in [0.25, 0.3) is 0 Å². The zero-order chi connectivity index (χ0) is 18.0. The Bertz CT molecular complexity index is 618. The van der Waals surface area contributed by atoms with E-state index in [2.05, 4.69) is 4.90 Å². The molecule has 25 heavy (non-hydrogen) atoms. The normalized spacial score (nSPS) is 19.0. The van der Waals surface area contributed by atoms with E-state index in [1.54, 1.807) is 11.0 Å². The van der Waals surface area contributed by atoms with E-state index in [0.29, 0.717) is 30.9 Å². The molecule has 138 valence electrons. The van der Waals surface area contributed by atoms with E-state index in [0.717, 1.165) is 13.1 Å². The summed E-state index contributed by atoms with van der Waals surface area (Å²) in [6.45, 7) is 9.18. The number of carbonyl (C=O) groups is 1. The molecule has 0 radical (unpaired) electrons. The van der Waals surface area contributed by atoms with E-state index in [9.17, 15) is 9.18 Å². The van der Waals surface area contributed by atoms with Gasteiger partial charge in [0, 0.05) is 18.2 Å². The zero-order valence-electron chi connectivity index (χ0n) is 15.3. The van der Waals surface area contributed by atoms with Gasteiger partial charge in [0.15, 0.2) is 0 Å². The SMILES string of the molecule is CC(C)(C)OC(=O)N1CC(Oc2ccc(CN3CCCC3)c(F)c2)C1. The highest BCUT2D eigenvalue weighted by atomic mass is 19.1. The Kier molecular flexibility index (Phi) is 5.18. The molecule has 2 aliphatic heterocycles. The van der Waals surface area contributed by atoms with Crippen molar-refractivity contribution in [2.75, 3.05) is 26.2 Å². The number of benzene rings is 1. The van der Waals surface area contributed by atoms with E-state index in [1.807, 2.05) is 26.8 Å². The summed E-state index contributed by atoms with van der Waals surface area (Å²) in [7, 11) is 0. The molecule has 1 aromatic rings. The van der Waals surface area contributed by atoms with Gasteiger partial charge in [0.1, 0.15) is 23.3 Å². The summed E-state index contributed by atoms with van der Waals surface area (Å²) in [4.78, 5) is 15.7. The van der Waals surface area contributed by atoms with Crippen molar-refractivity contribution >= 4 is 6.09 Å². The average molecular weight is 350 g/mol. The van der Waals surface area contributed by atoms with Gasteiger partial charge in [-0.2, -0.15) is 0 Å². The van der Waals surface area contributed by atoms with E-state index in [4.69, 9.17) is 9.47 Å². The molecule has 1 aromatic carbocycles. The third-order valence-electron chi connectivity index (χ3n) is 4.42. The highest BCUT2D eigenvalue weighted by molar-refractivity contribution is 5.69. The highest BCUT2D eigenvalue weighted by Crippen LogP contribution is 2.24. The van der Waals surface area contributed by atoms with Crippen molar-refractivity contribution in [3.63, 3.8) is 0 Å². The van der Waals surface area contributed by atoms with E-state index in [-0.39, 0.29) is 18.0 Å². The van der Waals surface area contributed by atoms with Gasteiger partial charge in [0.05, 0.1) is 13.1 Å². The fraction of sp³-hybridized carbons (Fsp3) is 0.632. The lowest BCUT2D eigenvalue weighted by Gasteiger charge is -2.39. The molecule has 0 unspecified atom stereocenters. The first-order chi connectivity index (χ1) is 11.8. The van der Waals surface area contributed by atoms with Crippen LogP contribution < -0.4 is 4.74 Å². The third-order valence-corrected chi connectivity index (χ3v) is 4.42. The van der Waals surface area contributed by atoms with Crippen LogP contribution in [0.1, 0.15) is 39.2 Å². The molecule has 0 saturated carbocycles. The smallest absolute Gasteiger partial charge is 0.410 e. The van der Waals surface area contributed by atoms with Crippen LogP contribution in [-0.2, 0) is 11.3 Å². The van der Waals surface area contributed by atoms with Gasteiger partial charge in [0.2, 0.25) is 0 Å². The van der Waals surface area contributed by atoms with Gasteiger partial charge in [-0.1, -0.05) is 6.07 Å². The van der Waals surface area contributed by atoms with Crippen molar-refractivity contribution in [3.05, 3.63) is 29.6 Å². The summed E-state index contributed by atoms with van der Waals surface area (Å²) in [5, 5.41) is 0. The van der Waals surface area contributed by atoms with Crippen LogP contribution in [0.25, 0.3) is 0 Å². The quantitative estimate of drug-likeness (QED) is 0.834. The maximum absolute atomic E-state index is 14.3. The minimum Gasteiger partial charge on any atom is -0.487 e. The van der Waals surface area contributed by atoms with E-state index in [1.165, 1.54) is 18.9 Å². The third kappa shape index (κ3) is 4.84. The number of hydrogen-bond acceptors (Lipinski definition) is 4. The molecule has 2 heterocycles. The molecule has 0 N–H and O–H groups in total. The van der Waals surface area contributed by atoms with Gasteiger partial charge in [-0.05, 0) is 52.8 Å². The van der Waals surface area contributed by atoms with Crippen LogP contribution in [0.2, 0.25) is 0 Å². The molecule has 0 atom stereocenters. The number of amides is 1. The lowest BCUT2D eigenvalue weighted by atomic mass is 10.1. The Morgan fingerprint density at radius 1 is 1.24 bits per heavy atom. The Labute approximate surface area is 148 Å². The first-order valence-electron chi connectivity index (χ1n) is 8.95. The Morgan fingerprint density at radius 3 is 2.52 bits per heavy atom. The summed E-state index contributed by atoms with van der Waals surface area (Å²) in [6, 6.07) is 5.06. The van der Waals surface area contributed by atoms with Gasteiger partial charge >= 0.3 is 6.09 Å². The number of likely N-dealkylation sites (tertiary alicyclic amines) is 2. The summed E-state index contributed by atoms with van der Waals surface area (Å²) in [5.74, 6) is 0.282. The molecule has 2 saturated heterocycles. The molecule has 5 nitrogen and oxygen atoms in total. The molecule has 2 fully saturated rings. The second kappa shape index (κ2) is 7.20. The molecule has 6 heteroatoms. The number of carbonyl (C=O) groups excluding carboxylic acids is 1. The maximum Gasteiger partial charge on any atom is 0.410 e. The second-order valence-corrected chi connectivity index (χ2v) is 7.86. The molecule has 0 aliphatic carbocycles. The van der Waals surface area contributed by atoms with Gasteiger partial charge < -0.3 is 14.4 Å². The van der Waals surface area contributed by atoms with Crippen molar-refractivity contribution in [1.82, 2.24) is 9.80 Å². The fourth-order valence-electron chi connectivity index (χ4n) is 3.09. The first kappa shape index (κ1) is 18.0. The minimum atomic E-state index is -0.503. The van der Waals surface area contributed by atoms with Crippen LogP contribution in [0.4, 0.5) is 9.18 Å². The molecule has 0 aromatic heterocycles. The van der Waals surface area contributed by atoms with Crippen molar-refractivity contribution in [1.29, 1.82) is 0 Å². The van der Waals surface area contributed by atoms with Crippen LogP contribution in [0.5, 0.6) is 5.75 Å². The Balaban J connectivity index is 1.48. The van der Waals surface area contributed by atoms with Crippen LogP contribution in [-0.4, -0.2) is 53.8 Å². The maximum atomic E-state index is 14.3. The lowest BCUT2D eigenvalue weighted by molar-refractivity contribution is -0.0222. The van der Waals surface area contributed by atoms with Crippen molar-refractivity contribution in [3.8, 4) is 5.75 Å². The first-order valence-corrected chi connectivity index (χ1v) is 8.95. The molecular weight excluding hydrogens is 323 g/mol. The van der Waals surface area contributed by atoms with E-state index >= 15 is 0 Å². The van der Waals surface area contributed by atoms with E-state index < -0.39 is 5.60 Å². The van der Waals surface area contributed by atoms with Crippen LogP contribution >= 0.6 is 0 Å². The fourth-order valence-corrected chi connectivity index (χ4v) is 3.09. The number of ether oxygens (including phenoxy) is 2. The number of rotatable bonds is 4. The lowest BCUT2D eigenvalue weighted by Crippen LogP contribution is -2.57. The second-order valence-electron chi connectivity index (χ2n) is 7.86. The molecule has 1 amide bonds. The van der Waals surface area contributed by atoms with Crippen molar-refractivity contribution < 1.29 is 18.7 Å². The van der Waals surface area contributed by atoms with Gasteiger partial charge in [-0.15, -0.1) is 0 Å². The minimum absolute atomic E-state index is 0.114.